The van der Waals surface area contributed by atoms with Crippen molar-refractivity contribution in [1.29, 1.82) is 0 Å². The highest BCUT2D eigenvalue weighted by atomic mass is 19.3. The van der Waals surface area contributed by atoms with E-state index < -0.39 is 12.5 Å². The van der Waals surface area contributed by atoms with E-state index in [1.807, 2.05) is 25.2 Å². The highest BCUT2D eigenvalue weighted by Crippen LogP contribution is 2.23. The predicted molar refractivity (Wildman–Crippen MR) is 112 cm³/mol. The van der Waals surface area contributed by atoms with Crippen LogP contribution in [0.5, 0.6) is 0 Å². The lowest BCUT2D eigenvalue weighted by atomic mass is 10.2. The highest BCUT2D eigenvalue weighted by molar-refractivity contribution is 5.95. The van der Waals surface area contributed by atoms with Gasteiger partial charge in [-0.15, -0.1) is 0 Å². The van der Waals surface area contributed by atoms with Gasteiger partial charge in [0.1, 0.15) is 17.6 Å². The molecule has 1 aromatic carbocycles. The molecule has 1 aliphatic heterocycles. The van der Waals surface area contributed by atoms with Gasteiger partial charge in [-0.2, -0.15) is 5.10 Å². The molecule has 1 N–H and O–H groups in total. The van der Waals surface area contributed by atoms with Gasteiger partial charge in [0.15, 0.2) is 0 Å². The third-order valence-corrected chi connectivity index (χ3v) is 5.62. The number of ether oxygens (including phenoxy) is 1. The van der Waals surface area contributed by atoms with Gasteiger partial charge in [-0.25, -0.2) is 13.8 Å². The van der Waals surface area contributed by atoms with Gasteiger partial charge >= 0.3 is 0 Å². The zero-order valence-corrected chi connectivity index (χ0v) is 17.8. The fraction of sp³-hybridized carbons (Fsp3) is 0.476. The van der Waals surface area contributed by atoms with Crippen molar-refractivity contribution in [2.24, 2.45) is 7.05 Å². The molecule has 1 amide bonds. The number of imidazole rings is 1. The van der Waals surface area contributed by atoms with Crippen LogP contribution in [0, 0.1) is 6.92 Å². The zero-order chi connectivity index (χ0) is 22.1. The lowest BCUT2D eigenvalue weighted by molar-refractivity contribution is -0.119. The topological polar surface area (TPSA) is 77.2 Å². The van der Waals surface area contributed by atoms with Crippen molar-refractivity contribution in [2.75, 3.05) is 31.6 Å². The van der Waals surface area contributed by atoms with E-state index in [2.05, 4.69) is 19.9 Å². The maximum absolute atomic E-state index is 12.9. The van der Waals surface area contributed by atoms with Crippen LogP contribution >= 0.6 is 0 Å². The number of hydrogen-bond donors (Lipinski definition) is 1. The van der Waals surface area contributed by atoms with Crippen molar-refractivity contribution < 1.29 is 18.3 Å². The molecule has 3 aromatic rings. The number of carbonyl (C=O) groups is 1. The average Bonchev–Trinajstić information content (AvgIpc) is 3.28. The highest BCUT2D eigenvalue weighted by Gasteiger charge is 2.22. The van der Waals surface area contributed by atoms with Crippen LogP contribution in [0.25, 0.3) is 11.0 Å². The lowest BCUT2D eigenvalue weighted by Crippen LogP contribution is -2.36. The monoisotopic (exact) mass is 432 g/mol. The summed E-state index contributed by atoms with van der Waals surface area (Å²) >= 11 is 0. The van der Waals surface area contributed by atoms with Crippen LogP contribution < -0.4 is 5.32 Å². The Balaban J connectivity index is 1.49. The van der Waals surface area contributed by atoms with Crippen LogP contribution in [0.15, 0.2) is 24.3 Å². The number of aryl methyl sites for hydroxylation is 2. The van der Waals surface area contributed by atoms with Crippen molar-refractivity contribution in [3.63, 3.8) is 0 Å². The van der Waals surface area contributed by atoms with Gasteiger partial charge < -0.3 is 14.6 Å². The summed E-state index contributed by atoms with van der Waals surface area (Å²) in [5.74, 6) is 0.608. The number of carbonyl (C=O) groups excluding carboxylic acids is 1. The molecule has 1 saturated heterocycles. The van der Waals surface area contributed by atoms with Crippen LogP contribution in [0.2, 0.25) is 0 Å². The summed E-state index contributed by atoms with van der Waals surface area (Å²) in [5.41, 5.74) is 2.52. The van der Waals surface area contributed by atoms with Gasteiger partial charge in [0.25, 0.3) is 6.43 Å². The van der Waals surface area contributed by atoms with Crippen molar-refractivity contribution in [3.05, 3.63) is 41.5 Å². The molecule has 31 heavy (non-hydrogen) atoms. The standard InChI is InChI=1S/C21H26F2N6O2/c1-13-10-17(20(22)23)26-29(13)14(2)21(30)24-15-4-5-18-16(11-15)25-19(27(18)3)12-28-6-8-31-9-7-28/h4-5,10-11,14,20H,6-9,12H2,1-3H3,(H,24,30). The van der Waals surface area contributed by atoms with E-state index in [1.165, 1.54) is 10.7 Å². The molecule has 1 aliphatic rings. The number of morpholine rings is 1. The van der Waals surface area contributed by atoms with E-state index in [1.54, 1.807) is 13.8 Å². The molecule has 0 aliphatic carbocycles. The number of rotatable bonds is 6. The molecule has 8 nitrogen and oxygen atoms in total. The molecule has 1 unspecified atom stereocenters. The molecule has 2 aromatic heterocycles. The van der Waals surface area contributed by atoms with Gasteiger partial charge in [-0.3, -0.25) is 14.4 Å². The lowest BCUT2D eigenvalue weighted by Gasteiger charge is -2.26. The Morgan fingerprint density at radius 1 is 1.26 bits per heavy atom. The second-order valence-electron chi connectivity index (χ2n) is 7.80. The Morgan fingerprint density at radius 3 is 2.68 bits per heavy atom. The zero-order valence-electron chi connectivity index (χ0n) is 17.8. The van der Waals surface area contributed by atoms with E-state index in [0.29, 0.717) is 11.4 Å². The third kappa shape index (κ3) is 4.45. The van der Waals surface area contributed by atoms with Crippen LogP contribution in [0.3, 0.4) is 0 Å². The SMILES string of the molecule is Cc1cc(C(F)F)nn1C(C)C(=O)Nc1ccc2c(c1)nc(CN1CCOCC1)n2C. The number of hydrogen-bond acceptors (Lipinski definition) is 5. The molecule has 3 heterocycles. The number of anilines is 1. The van der Waals surface area contributed by atoms with Crippen LogP contribution in [0.4, 0.5) is 14.5 Å². The van der Waals surface area contributed by atoms with Gasteiger partial charge in [-0.1, -0.05) is 0 Å². The minimum absolute atomic E-state index is 0.333. The first-order valence-electron chi connectivity index (χ1n) is 10.2. The maximum atomic E-state index is 12.9. The van der Waals surface area contributed by atoms with E-state index in [9.17, 15) is 13.6 Å². The summed E-state index contributed by atoms with van der Waals surface area (Å²) in [6, 6.07) is 6.12. The predicted octanol–water partition coefficient (Wildman–Crippen LogP) is 3.05. The smallest absolute Gasteiger partial charge is 0.282 e. The number of halogens is 2. The molecule has 0 bridgehead atoms. The molecule has 166 valence electrons. The molecular formula is C21H26F2N6O2. The van der Waals surface area contributed by atoms with E-state index in [4.69, 9.17) is 9.72 Å². The number of amides is 1. The molecule has 1 atom stereocenters. The normalized spacial score (nSPS) is 16.2. The summed E-state index contributed by atoms with van der Waals surface area (Å²) < 4.78 is 34.6. The first-order chi connectivity index (χ1) is 14.8. The van der Waals surface area contributed by atoms with E-state index in [0.717, 1.165) is 49.7 Å². The number of aromatic nitrogens is 4. The number of alkyl halides is 2. The molecule has 10 heteroatoms. The molecule has 0 radical (unpaired) electrons. The molecule has 4 rings (SSSR count). The molecule has 1 fully saturated rings. The Bertz CT molecular complexity index is 1090. The van der Waals surface area contributed by atoms with Crippen LogP contribution in [-0.2, 0) is 23.1 Å². The van der Waals surface area contributed by atoms with E-state index >= 15 is 0 Å². The fourth-order valence-corrected chi connectivity index (χ4v) is 3.80. The Hall–Kier alpha value is -2.85. The summed E-state index contributed by atoms with van der Waals surface area (Å²) in [5, 5.41) is 6.71. The average molecular weight is 432 g/mol. The van der Waals surface area contributed by atoms with Gasteiger partial charge in [-0.05, 0) is 38.1 Å². The summed E-state index contributed by atoms with van der Waals surface area (Å²) in [4.78, 5) is 19.8. The summed E-state index contributed by atoms with van der Waals surface area (Å²) in [6.07, 6.45) is -2.67. The third-order valence-electron chi connectivity index (χ3n) is 5.62. The first-order valence-corrected chi connectivity index (χ1v) is 10.2. The van der Waals surface area contributed by atoms with Gasteiger partial charge in [0.2, 0.25) is 5.91 Å². The van der Waals surface area contributed by atoms with Crippen molar-refractivity contribution in [3.8, 4) is 0 Å². The molecule has 0 spiro atoms. The van der Waals surface area contributed by atoms with Gasteiger partial charge in [0.05, 0.1) is 30.8 Å². The number of nitrogens with one attached hydrogen (secondary N) is 1. The molecular weight excluding hydrogens is 406 g/mol. The van der Waals surface area contributed by atoms with Crippen LogP contribution in [0.1, 0.15) is 36.6 Å². The van der Waals surface area contributed by atoms with Crippen molar-refractivity contribution >= 4 is 22.6 Å². The second kappa shape index (κ2) is 8.72. The minimum atomic E-state index is -2.67. The minimum Gasteiger partial charge on any atom is -0.379 e. The van der Waals surface area contributed by atoms with Gasteiger partial charge in [0, 0.05) is 31.5 Å². The fourth-order valence-electron chi connectivity index (χ4n) is 3.80. The largest absolute Gasteiger partial charge is 0.379 e. The Labute approximate surface area is 178 Å². The number of benzene rings is 1. The van der Waals surface area contributed by atoms with Crippen LogP contribution in [-0.4, -0.2) is 56.4 Å². The number of fused-ring (bicyclic) bond motifs is 1. The second-order valence-corrected chi connectivity index (χ2v) is 7.80. The van der Waals surface area contributed by atoms with Crippen molar-refractivity contribution in [1.82, 2.24) is 24.2 Å². The van der Waals surface area contributed by atoms with E-state index in [-0.39, 0.29) is 11.6 Å². The number of nitrogens with zero attached hydrogens (tertiary/aromatic N) is 5. The van der Waals surface area contributed by atoms with Crippen molar-refractivity contribution in [2.45, 2.75) is 32.9 Å². The first kappa shape index (κ1) is 21.4. The maximum Gasteiger partial charge on any atom is 0.282 e. The summed E-state index contributed by atoms with van der Waals surface area (Å²) in [7, 11) is 1.98. The quantitative estimate of drug-likeness (QED) is 0.648. The Morgan fingerprint density at radius 2 is 2.00 bits per heavy atom. The molecule has 0 saturated carbocycles. The summed E-state index contributed by atoms with van der Waals surface area (Å²) in [6.45, 7) is 7.23. The Kier molecular flexibility index (Phi) is 6.01.